The SMILES string of the molecule is Cl.O=C(NCC1CCCNC1)c1cc(Cl)ccc1OC(F)F. The first-order chi connectivity index (χ1) is 10.1. The van der Waals surface area contributed by atoms with E-state index in [1.165, 1.54) is 18.2 Å². The Bertz CT molecular complexity index is 498. The van der Waals surface area contributed by atoms with Crippen molar-refractivity contribution in [1.82, 2.24) is 10.6 Å². The van der Waals surface area contributed by atoms with Crippen molar-refractivity contribution in [2.75, 3.05) is 19.6 Å². The van der Waals surface area contributed by atoms with Crippen molar-refractivity contribution in [1.29, 1.82) is 0 Å². The zero-order valence-electron chi connectivity index (χ0n) is 11.8. The highest BCUT2D eigenvalue weighted by Gasteiger charge is 2.18. The molecule has 0 bridgehead atoms. The van der Waals surface area contributed by atoms with E-state index in [1.807, 2.05) is 0 Å². The lowest BCUT2D eigenvalue weighted by Gasteiger charge is -2.23. The molecular formula is C14H18Cl2F2N2O2. The Hall–Kier alpha value is -1.11. The van der Waals surface area contributed by atoms with Gasteiger partial charge in [-0.25, -0.2) is 0 Å². The van der Waals surface area contributed by atoms with Crippen LogP contribution in [-0.4, -0.2) is 32.2 Å². The number of hydrogen-bond acceptors (Lipinski definition) is 3. The highest BCUT2D eigenvalue weighted by Crippen LogP contribution is 2.24. The van der Waals surface area contributed by atoms with E-state index in [9.17, 15) is 13.6 Å². The average Bonchev–Trinajstić information content (AvgIpc) is 2.47. The van der Waals surface area contributed by atoms with Crippen LogP contribution in [0.2, 0.25) is 5.02 Å². The Morgan fingerprint density at radius 1 is 1.50 bits per heavy atom. The summed E-state index contributed by atoms with van der Waals surface area (Å²) in [5, 5.41) is 6.29. The summed E-state index contributed by atoms with van der Waals surface area (Å²) in [6, 6.07) is 4.00. The number of halogens is 4. The van der Waals surface area contributed by atoms with Crippen molar-refractivity contribution in [2.45, 2.75) is 19.5 Å². The van der Waals surface area contributed by atoms with Crippen molar-refractivity contribution in [2.24, 2.45) is 5.92 Å². The van der Waals surface area contributed by atoms with Gasteiger partial charge in [0.1, 0.15) is 5.75 Å². The molecule has 1 unspecified atom stereocenters. The van der Waals surface area contributed by atoms with E-state index in [2.05, 4.69) is 15.4 Å². The number of ether oxygens (including phenoxy) is 1. The van der Waals surface area contributed by atoms with E-state index >= 15 is 0 Å². The molecule has 4 nitrogen and oxygen atoms in total. The summed E-state index contributed by atoms with van der Waals surface area (Å²) in [4.78, 5) is 12.1. The number of carbonyl (C=O) groups excluding carboxylic acids is 1. The van der Waals surface area contributed by atoms with Crippen LogP contribution in [0.15, 0.2) is 18.2 Å². The average molecular weight is 355 g/mol. The maximum atomic E-state index is 12.3. The van der Waals surface area contributed by atoms with E-state index in [4.69, 9.17) is 11.6 Å². The van der Waals surface area contributed by atoms with Crippen molar-refractivity contribution in [3.63, 3.8) is 0 Å². The Kier molecular flexibility index (Phi) is 7.85. The van der Waals surface area contributed by atoms with Gasteiger partial charge in [0.15, 0.2) is 0 Å². The van der Waals surface area contributed by atoms with Gasteiger partial charge in [-0.05, 0) is 50.0 Å². The number of piperidine rings is 1. The van der Waals surface area contributed by atoms with Gasteiger partial charge in [0.2, 0.25) is 0 Å². The molecular weight excluding hydrogens is 337 g/mol. The summed E-state index contributed by atoms with van der Waals surface area (Å²) in [5.74, 6) is -0.284. The third-order valence-corrected chi connectivity index (χ3v) is 3.59. The van der Waals surface area contributed by atoms with E-state index in [0.717, 1.165) is 25.9 Å². The van der Waals surface area contributed by atoms with Crippen LogP contribution in [0.1, 0.15) is 23.2 Å². The van der Waals surface area contributed by atoms with Gasteiger partial charge in [0, 0.05) is 11.6 Å². The van der Waals surface area contributed by atoms with Crippen LogP contribution in [0.5, 0.6) is 5.75 Å². The minimum absolute atomic E-state index is 0. The number of nitrogens with one attached hydrogen (secondary N) is 2. The van der Waals surface area contributed by atoms with Crippen LogP contribution >= 0.6 is 24.0 Å². The summed E-state index contributed by atoms with van der Waals surface area (Å²) < 4.78 is 29.0. The van der Waals surface area contributed by atoms with E-state index in [0.29, 0.717) is 17.5 Å². The second kappa shape index (κ2) is 9.12. The fourth-order valence-corrected chi connectivity index (χ4v) is 2.48. The maximum Gasteiger partial charge on any atom is 0.387 e. The first kappa shape index (κ1) is 18.9. The molecule has 1 aromatic rings. The van der Waals surface area contributed by atoms with E-state index in [-0.39, 0.29) is 23.7 Å². The normalized spacial score (nSPS) is 17.7. The molecule has 1 heterocycles. The molecule has 0 saturated carbocycles. The predicted octanol–water partition coefficient (Wildman–Crippen LogP) is 3.09. The molecule has 2 rings (SSSR count). The summed E-state index contributed by atoms with van der Waals surface area (Å²) in [5.41, 5.74) is 0.0200. The Labute approximate surface area is 139 Å². The van der Waals surface area contributed by atoms with Crippen LogP contribution in [0, 0.1) is 5.92 Å². The van der Waals surface area contributed by atoms with Gasteiger partial charge >= 0.3 is 6.61 Å². The lowest BCUT2D eigenvalue weighted by molar-refractivity contribution is -0.0501. The molecule has 2 N–H and O–H groups in total. The molecule has 1 saturated heterocycles. The minimum atomic E-state index is -2.99. The Morgan fingerprint density at radius 3 is 2.91 bits per heavy atom. The Morgan fingerprint density at radius 2 is 2.27 bits per heavy atom. The molecule has 1 aliphatic rings. The minimum Gasteiger partial charge on any atom is -0.434 e. The van der Waals surface area contributed by atoms with Gasteiger partial charge in [-0.2, -0.15) is 8.78 Å². The third kappa shape index (κ3) is 5.59. The monoisotopic (exact) mass is 354 g/mol. The molecule has 22 heavy (non-hydrogen) atoms. The number of benzene rings is 1. The van der Waals surface area contributed by atoms with Crippen LogP contribution in [0.25, 0.3) is 0 Å². The fraction of sp³-hybridized carbons (Fsp3) is 0.500. The van der Waals surface area contributed by atoms with Gasteiger partial charge in [0.25, 0.3) is 5.91 Å². The van der Waals surface area contributed by atoms with Gasteiger partial charge < -0.3 is 15.4 Å². The Balaban J connectivity index is 0.00000242. The highest BCUT2D eigenvalue weighted by molar-refractivity contribution is 6.31. The number of hydrogen-bond donors (Lipinski definition) is 2. The summed E-state index contributed by atoms with van der Waals surface area (Å²) >= 11 is 5.81. The second-order valence-corrected chi connectivity index (χ2v) is 5.38. The fourth-order valence-electron chi connectivity index (χ4n) is 2.31. The number of carbonyl (C=O) groups is 1. The largest absolute Gasteiger partial charge is 0.434 e. The highest BCUT2D eigenvalue weighted by atomic mass is 35.5. The molecule has 0 aliphatic carbocycles. The van der Waals surface area contributed by atoms with Crippen molar-refractivity contribution in [3.8, 4) is 5.75 Å². The van der Waals surface area contributed by atoms with E-state index < -0.39 is 12.5 Å². The summed E-state index contributed by atoms with van der Waals surface area (Å²) in [7, 11) is 0. The molecule has 8 heteroatoms. The van der Waals surface area contributed by atoms with E-state index in [1.54, 1.807) is 0 Å². The molecule has 1 amide bonds. The molecule has 1 aliphatic heterocycles. The molecule has 1 aromatic carbocycles. The van der Waals surface area contributed by atoms with Crippen LogP contribution in [-0.2, 0) is 0 Å². The predicted molar refractivity (Wildman–Crippen MR) is 83.3 cm³/mol. The quantitative estimate of drug-likeness (QED) is 0.854. The lowest BCUT2D eigenvalue weighted by Crippen LogP contribution is -2.38. The topological polar surface area (TPSA) is 50.4 Å². The van der Waals surface area contributed by atoms with Gasteiger partial charge in [-0.15, -0.1) is 12.4 Å². The first-order valence-corrected chi connectivity index (χ1v) is 7.17. The third-order valence-electron chi connectivity index (χ3n) is 3.35. The van der Waals surface area contributed by atoms with Gasteiger partial charge in [-0.3, -0.25) is 4.79 Å². The van der Waals surface area contributed by atoms with Crippen LogP contribution in [0.4, 0.5) is 8.78 Å². The second-order valence-electron chi connectivity index (χ2n) is 4.94. The standard InChI is InChI=1S/C14H17ClF2N2O2.ClH/c15-10-3-4-12(21-14(16)17)11(6-10)13(20)19-8-9-2-1-5-18-7-9;/h3-4,6,9,14,18H,1-2,5,7-8H2,(H,19,20);1H. The maximum absolute atomic E-state index is 12.3. The van der Waals surface area contributed by atoms with Crippen LogP contribution < -0.4 is 15.4 Å². The molecule has 0 radical (unpaired) electrons. The summed E-state index contributed by atoms with van der Waals surface area (Å²) in [6.07, 6.45) is 2.10. The van der Waals surface area contributed by atoms with Gasteiger partial charge in [-0.1, -0.05) is 11.6 Å². The molecule has 1 atom stereocenters. The van der Waals surface area contributed by atoms with Gasteiger partial charge in [0.05, 0.1) is 5.56 Å². The zero-order chi connectivity index (χ0) is 15.2. The zero-order valence-corrected chi connectivity index (χ0v) is 13.4. The molecule has 124 valence electrons. The lowest BCUT2D eigenvalue weighted by atomic mass is 9.99. The molecule has 1 fully saturated rings. The summed E-state index contributed by atoms with van der Waals surface area (Å²) in [6.45, 7) is -0.659. The van der Waals surface area contributed by atoms with Crippen LogP contribution in [0.3, 0.4) is 0 Å². The molecule has 0 spiro atoms. The number of amides is 1. The smallest absolute Gasteiger partial charge is 0.387 e. The van der Waals surface area contributed by atoms with Crippen molar-refractivity contribution < 1.29 is 18.3 Å². The molecule has 0 aromatic heterocycles. The van der Waals surface area contributed by atoms with Crippen molar-refractivity contribution >= 4 is 29.9 Å². The first-order valence-electron chi connectivity index (χ1n) is 6.79. The number of alkyl halides is 2. The van der Waals surface area contributed by atoms with Crippen molar-refractivity contribution in [3.05, 3.63) is 28.8 Å². The number of rotatable bonds is 5.